The maximum absolute atomic E-state index is 12.3. The summed E-state index contributed by atoms with van der Waals surface area (Å²) in [5.41, 5.74) is 1.19. The van der Waals surface area contributed by atoms with Crippen LogP contribution < -0.4 is 10.1 Å². The SMILES string of the molecule is CC(C)c1cc(Oc2c(Br)cc(C(=O)NCCCC(=O)O)cc2Br)ccc1O. The Bertz CT molecular complexity index is 860. The maximum atomic E-state index is 12.3. The van der Waals surface area contributed by atoms with Gasteiger partial charge >= 0.3 is 5.97 Å². The van der Waals surface area contributed by atoms with E-state index in [0.29, 0.717) is 32.4 Å². The molecule has 0 saturated carbocycles. The summed E-state index contributed by atoms with van der Waals surface area (Å²) in [7, 11) is 0. The third-order valence-corrected chi connectivity index (χ3v) is 5.13. The van der Waals surface area contributed by atoms with Gasteiger partial charge in [0.05, 0.1) is 8.95 Å². The van der Waals surface area contributed by atoms with Crippen molar-refractivity contribution >= 4 is 43.7 Å². The van der Waals surface area contributed by atoms with Crippen LogP contribution >= 0.6 is 31.9 Å². The fraction of sp³-hybridized carbons (Fsp3) is 0.300. The van der Waals surface area contributed by atoms with Gasteiger partial charge in [-0.05, 0) is 74.5 Å². The van der Waals surface area contributed by atoms with Gasteiger partial charge in [-0.15, -0.1) is 0 Å². The van der Waals surface area contributed by atoms with Crippen LogP contribution in [-0.4, -0.2) is 28.6 Å². The molecule has 8 heteroatoms. The van der Waals surface area contributed by atoms with Crippen molar-refractivity contribution in [2.75, 3.05) is 6.54 Å². The molecule has 0 saturated heterocycles. The van der Waals surface area contributed by atoms with Gasteiger partial charge in [0.1, 0.15) is 11.5 Å². The van der Waals surface area contributed by atoms with Gasteiger partial charge in [0.2, 0.25) is 0 Å². The molecule has 0 atom stereocenters. The Labute approximate surface area is 180 Å². The average molecular weight is 515 g/mol. The molecule has 3 N–H and O–H groups in total. The number of phenolic OH excluding ortho intramolecular Hbond substituents is 1. The number of ether oxygens (including phenoxy) is 1. The predicted molar refractivity (Wildman–Crippen MR) is 113 cm³/mol. The second kappa shape index (κ2) is 9.93. The summed E-state index contributed by atoms with van der Waals surface area (Å²) in [6.07, 6.45) is 0.370. The molecule has 6 nitrogen and oxygen atoms in total. The molecule has 0 unspecified atom stereocenters. The molecular formula is C20H21Br2NO5. The minimum Gasteiger partial charge on any atom is -0.508 e. The molecule has 0 aliphatic rings. The van der Waals surface area contributed by atoms with Crippen LogP contribution in [0.4, 0.5) is 0 Å². The third-order valence-electron chi connectivity index (χ3n) is 3.95. The smallest absolute Gasteiger partial charge is 0.303 e. The molecule has 0 bridgehead atoms. The van der Waals surface area contributed by atoms with E-state index in [1.54, 1.807) is 30.3 Å². The Morgan fingerprint density at radius 2 is 1.79 bits per heavy atom. The van der Waals surface area contributed by atoms with Crippen molar-refractivity contribution in [3.8, 4) is 17.2 Å². The number of aromatic hydroxyl groups is 1. The van der Waals surface area contributed by atoms with Gasteiger partial charge in [-0.2, -0.15) is 0 Å². The van der Waals surface area contributed by atoms with Gasteiger partial charge in [0.15, 0.2) is 5.75 Å². The summed E-state index contributed by atoms with van der Waals surface area (Å²) >= 11 is 6.85. The number of nitrogens with one attached hydrogen (secondary N) is 1. The fourth-order valence-corrected chi connectivity index (χ4v) is 3.86. The first-order chi connectivity index (χ1) is 13.2. The van der Waals surface area contributed by atoms with Crippen LogP contribution in [0, 0.1) is 0 Å². The third kappa shape index (κ3) is 5.97. The van der Waals surface area contributed by atoms with Gasteiger partial charge in [-0.3, -0.25) is 9.59 Å². The Kier molecular flexibility index (Phi) is 7.88. The van der Waals surface area contributed by atoms with Crippen LogP contribution in [0.15, 0.2) is 39.3 Å². The molecule has 0 aliphatic carbocycles. The molecule has 0 radical (unpaired) electrons. The van der Waals surface area contributed by atoms with Gasteiger partial charge in [0, 0.05) is 24.1 Å². The fourth-order valence-electron chi connectivity index (χ4n) is 2.51. The molecule has 0 spiro atoms. The van der Waals surface area contributed by atoms with Gasteiger partial charge in [-0.25, -0.2) is 0 Å². The van der Waals surface area contributed by atoms with Crippen LogP contribution in [-0.2, 0) is 4.79 Å². The molecule has 0 heterocycles. The lowest BCUT2D eigenvalue weighted by atomic mass is 10.0. The highest BCUT2D eigenvalue weighted by atomic mass is 79.9. The minimum absolute atomic E-state index is 0.00540. The first kappa shape index (κ1) is 22.2. The zero-order valence-electron chi connectivity index (χ0n) is 15.5. The molecule has 2 aromatic carbocycles. The lowest BCUT2D eigenvalue weighted by Gasteiger charge is -2.14. The van der Waals surface area contributed by atoms with Crippen molar-refractivity contribution in [2.45, 2.75) is 32.6 Å². The number of hydrogen-bond acceptors (Lipinski definition) is 4. The van der Waals surface area contributed by atoms with E-state index in [9.17, 15) is 14.7 Å². The monoisotopic (exact) mass is 513 g/mol. The molecule has 2 aromatic rings. The largest absolute Gasteiger partial charge is 0.508 e. The van der Waals surface area contributed by atoms with Crippen LogP contribution in [0.3, 0.4) is 0 Å². The summed E-state index contributed by atoms with van der Waals surface area (Å²) in [5, 5.41) is 21.3. The van der Waals surface area contributed by atoms with Gasteiger partial charge in [-0.1, -0.05) is 13.8 Å². The lowest BCUT2D eigenvalue weighted by molar-refractivity contribution is -0.137. The minimum atomic E-state index is -0.893. The van der Waals surface area contributed by atoms with E-state index >= 15 is 0 Å². The Morgan fingerprint density at radius 1 is 1.14 bits per heavy atom. The van der Waals surface area contributed by atoms with Gasteiger partial charge in [0.25, 0.3) is 5.91 Å². The van der Waals surface area contributed by atoms with Crippen molar-refractivity contribution in [3.05, 3.63) is 50.4 Å². The number of carbonyl (C=O) groups excluding carboxylic acids is 1. The number of phenols is 1. The zero-order valence-corrected chi connectivity index (χ0v) is 18.6. The second-order valence-corrected chi connectivity index (χ2v) is 8.21. The molecular weight excluding hydrogens is 494 g/mol. The first-order valence-electron chi connectivity index (χ1n) is 8.68. The van der Waals surface area contributed by atoms with Crippen molar-refractivity contribution in [1.29, 1.82) is 0 Å². The maximum Gasteiger partial charge on any atom is 0.303 e. The predicted octanol–water partition coefficient (Wildman–Crippen LogP) is 5.43. The number of aliphatic carboxylic acids is 1. The Hall–Kier alpha value is -2.06. The van der Waals surface area contributed by atoms with Crippen LogP contribution in [0.5, 0.6) is 17.2 Å². The highest BCUT2D eigenvalue weighted by molar-refractivity contribution is 9.11. The van der Waals surface area contributed by atoms with E-state index in [4.69, 9.17) is 9.84 Å². The normalized spacial score (nSPS) is 10.8. The summed E-state index contributed by atoms with van der Waals surface area (Å²) in [6, 6.07) is 8.31. The highest BCUT2D eigenvalue weighted by Gasteiger charge is 2.15. The summed E-state index contributed by atoms with van der Waals surface area (Å²) in [6.45, 7) is 4.24. The van der Waals surface area contributed by atoms with E-state index in [0.717, 1.165) is 5.56 Å². The Morgan fingerprint density at radius 3 is 2.36 bits per heavy atom. The van der Waals surface area contributed by atoms with E-state index in [1.807, 2.05) is 13.8 Å². The van der Waals surface area contributed by atoms with E-state index in [2.05, 4.69) is 37.2 Å². The summed E-state index contributed by atoms with van der Waals surface area (Å²) in [5.74, 6) is 0.232. The van der Waals surface area contributed by atoms with Gasteiger partial charge < -0.3 is 20.3 Å². The number of carboxylic acids is 1. The standard InChI is InChI=1S/C20H21Br2NO5/c1-11(2)14-10-13(5-6-17(14)24)28-19-15(21)8-12(9-16(19)22)20(27)23-7-3-4-18(25)26/h5-6,8-11,24H,3-4,7H2,1-2H3,(H,23,27)(H,25,26). The number of benzene rings is 2. The lowest BCUT2D eigenvalue weighted by Crippen LogP contribution is -2.24. The molecule has 1 amide bonds. The second-order valence-electron chi connectivity index (χ2n) is 6.50. The quantitative estimate of drug-likeness (QED) is 0.408. The number of hydrogen-bond donors (Lipinski definition) is 3. The van der Waals surface area contributed by atoms with E-state index < -0.39 is 5.97 Å². The number of rotatable bonds is 8. The average Bonchev–Trinajstić information content (AvgIpc) is 2.62. The molecule has 150 valence electrons. The molecule has 0 aromatic heterocycles. The summed E-state index contributed by atoms with van der Waals surface area (Å²) in [4.78, 5) is 22.8. The van der Waals surface area contributed by atoms with Crippen LogP contribution in [0.2, 0.25) is 0 Å². The highest BCUT2D eigenvalue weighted by Crippen LogP contribution is 2.39. The number of carbonyl (C=O) groups is 2. The topological polar surface area (TPSA) is 95.9 Å². The molecule has 0 fully saturated rings. The van der Waals surface area contributed by atoms with Crippen molar-refractivity contribution in [3.63, 3.8) is 0 Å². The first-order valence-corrected chi connectivity index (χ1v) is 10.3. The number of halogens is 2. The zero-order chi connectivity index (χ0) is 20.8. The van der Waals surface area contributed by atoms with Crippen LogP contribution in [0.25, 0.3) is 0 Å². The molecule has 0 aliphatic heterocycles. The van der Waals surface area contributed by atoms with Crippen molar-refractivity contribution in [2.24, 2.45) is 0 Å². The van der Waals surface area contributed by atoms with Crippen LogP contribution in [0.1, 0.15) is 48.5 Å². The molecule has 2 rings (SSSR count). The number of carboxylic acid groups (broad SMARTS) is 1. The van der Waals surface area contributed by atoms with E-state index in [-0.39, 0.29) is 30.5 Å². The number of amides is 1. The molecule has 28 heavy (non-hydrogen) atoms. The van der Waals surface area contributed by atoms with E-state index in [1.165, 1.54) is 0 Å². The summed E-state index contributed by atoms with van der Waals surface area (Å²) < 4.78 is 7.10. The van der Waals surface area contributed by atoms with Crippen molar-refractivity contribution in [1.82, 2.24) is 5.32 Å². The Balaban J connectivity index is 2.14. The van der Waals surface area contributed by atoms with Crippen molar-refractivity contribution < 1.29 is 24.5 Å².